The average molecular weight is 206 g/mol. The van der Waals surface area contributed by atoms with Crippen LogP contribution < -0.4 is 5.73 Å². The van der Waals surface area contributed by atoms with Crippen LogP contribution >= 0.6 is 0 Å². The molecule has 0 saturated heterocycles. The van der Waals surface area contributed by atoms with Crippen LogP contribution in [0.2, 0.25) is 0 Å². The molecule has 7 heteroatoms. The fourth-order valence-corrected chi connectivity index (χ4v) is 1.30. The number of non-ortho nitro benzene ring substituents is 1. The van der Waals surface area contributed by atoms with Crippen LogP contribution in [0.3, 0.4) is 0 Å². The molecular formula is C8H6N4O3. The number of nitrogens with zero attached hydrogens (tertiary/aromatic N) is 2. The fourth-order valence-electron chi connectivity index (χ4n) is 1.30. The Hall–Kier alpha value is -2.44. The number of amides is 1. The SMILES string of the molecule is NC(=O)c1n[nH]c2ccc([N+](=O)[O-])cc12. The van der Waals surface area contributed by atoms with Crippen molar-refractivity contribution in [2.45, 2.75) is 0 Å². The Morgan fingerprint density at radius 2 is 2.27 bits per heavy atom. The van der Waals surface area contributed by atoms with E-state index in [4.69, 9.17) is 5.73 Å². The second-order valence-corrected chi connectivity index (χ2v) is 2.92. The molecule has 0 aliphatic heterocycles. The first kappa shape index (κ1) is 9.13. The first-order chi connectivity index (χ1) is 7.09. The molecule has 0 unspecified atom stereocenters. The third-order valence-electron chi connectivity index (χ3n) is 1.99. The number of hydrogen-bond acceptors (Lipinski definition) is 4. The molecule has 0 fully saturated rings. The van der Waals surface area contributed by atoms with Gasteiger partial charge in [-0.3, -0.25) is 20.0 Å². The lowest BCUT2D eigenvalue weighted by molar-refractivity contribution is -0.384. The molecule has 0 saturated carbocycles. The van der Waals surface area contributed by atoms with E-state index in [1.165, 1.54) is 18.2 Å². The summed E-state index contributed by atoms with van der Waals surface area (Å²) in [5.74, 6) is -0.721. The summed E-state index contributed by atoms with van der Waals surface area (Å²) in [5, 5.41) is 17.1. The van der Waals surface area contributed by atoms with Gasteiger partial charge in [0.25, 0.3) is 11.6 Å². The van der Waals surface area contributed by atoms with Gasteiger partial charge >= 0.3 is 0 Å². The van der Waals surface area contributed by atoms with Gasteiger partial charge in [-0.05, 0) is 6.07 Å². The number of aromatic amines is 1. The summed E-state index contributed by atoms with van der Waals surface area (Å²) in [4.78, 5) is 20.9. The lowest BCUT2D eigenvalue weighted by Gasteiger charge is -1.92. The maximum Gasteiger partial charge on any atom is 0.270 e. The smallest absolute Gasteiger partial charge is 0.270 e. The highest BCUT2D eigenvalue weighted by atomic mass is 16.6. The van der Waals surface area contributed by atoms with E-state index in [2.05, 4.69) is 10.2 Å². The Labute approximate surface area is 83.0 Å². The first-order valence-corrected chi connectivity index (χ1v) is 4.02. The highest BCUT2D eigenvalue weighted by Gasteiger charge is 2.14. The van der Waals surface area contributed by atoms with Gasteiger partial charge in [0, 0.05) is 17.5 Å². The predicted octanol–water partition coefficient (Wildman–Crippen LogP) is 0.570. The number of benzene rings is 1. The third-order valence-corrected chi connectivity index (χ3v) is 1.99. The number of H-pyrrole nitrogens is 1. The molecule has 2 rings (SSSR count). The molecule has 0 aliphatic rings. The zero-order valence-electron chi connectivity index (χ0n) is 7.43. The standard InChI is InChI=1S/C8H6N4O3/c9-8(13)7-5-3-4(12(14)15)1-2-6(5)10-11-7/h1-3H,(H2,9,13)(H,10,11). The maximum absolute atomic E-state index is 10.9. The van der Waals surface area contributed by atoms with Crippen molar-refractivity contribution in [3.63, 3.8) is 0 Å². The zero-order chi connectivity index (χ0) is 11.0. The van der Waals surface area contributed by atoms with Crippen molar-refractivity contribution in [2.24, 2.45) is 5.73 Å². The number of primary amides is 1. The quantitative estimate of drug-likeness (QED) is 0.551. The van der Waals surface area contributed by atoms with Gasteiger partial charge in [0.05, 0.1) is 10.4 Å². The maximum atomic E-state index is 10.9. The minimum Gasteiger partial charge on any atom is -0.364 e. The van der Waals surface area contributed by atoms with E-state index in [0.717, 1.165) is 0 Å². The van der Waals surface area contributed by atoms with Gasteiger partial charge in [-0.1, -0.05) is 0 Å². The number of nitrogens with two attached hydrogens (primary N) is 1. The minimum absolute atomic E-state index is 0.00806. The zero-order valence-corrected chi connectivity index (χ0v) is 7.43. The number of carbonyl (C=O) groups is 1. The summed E-state index contributed by atoms with van der Waals surface area (Å²) < 4.78 is 0. The predicted molar refractivity (Wildman–Crippen MR) is 51.3 cm³/mol. The van der Waals surface area contributed by atoms with Crippen molar-refractivity contribution in [3.05, 3.63) is 34.0 Å². The van der Waals surface area contributed by atoms with Gasteiger partial charge in [0.15, 0.2) is 5.69 Å². The second kappa shape index (κ2) is 3.05. The van der Waals surface area contributed by atoms with Crippen molar-refractivity contribution < 1.29 is 9.72 Å². The van der Waals surface area contributed by atoms with Gasteiger partial charge in [-0.2, -0.15) is 5.10 Å². The molecule has 0 atom stereocenters. The van der Waals surface area contributed by atoms with E-state index in [1.807, 2.05) is 0 Å². The van der Waals surface area contributed by atoms with E-state index in [0.29, 0.717) is 10.9 Å². The third kappa shape index (κ3) is 1.39. The van der Waals surface area contributed by atoms with Crippen LogP contribution in [0.25, 0.3) is 10.9 Å². The van der Waals surface area contributed by atoms with Crippen LogP contribution in [0.15, 0.2) is 18.2 Å². The molecule has 0 spiro atoms. The summed E-state index contributed by atoms with van der Waals surface area (Å²) in [6.45, 7) is 0. The molecule has 0 radical (unpaired) electrons. The van der Waals surface area contributed by atoms with Gasteiger partial charge in [0.2, 0.25) is 0 Å². The number of nitro benzene ring substituents is 1. The monoisotopic (exact) mass is 206 g/mol. The van der Waals surface area contributed by atoms with Crippen molar-refractivity contribution >= 4 is 22.5 Å². The van der Waals surface area contributed by atoms with E-state index in [-0.39, 0.29) is 11.4 Å². The Bertz CT molecular complexity index is 560. The summed E-state index contributed by atoms with van der Waals surface area (Å²) in [7, 11) is 0. The van der Waals surface area contributed by atoms with Crippen LogP contribution in [0, 0.1) is 10.1 Å². The molecule has 2 aromatic rings. The van der Waals surface area contributed by atoms with Gasteiger partial charge in [0.1, 0.15) is 0 Å². The molecule has 7 nitrogen and oxygen atoms in total. The summed E-state index contributed by atoms with van der Waals surface area (Å²) in [6, 6.07) is 4.07. The van der Waals surface area contributed by atoms with Crippen LogP contribution in [0.5, 0.6) is 0 Å². The Kier molecular flexibility index (Phi) is 1.86. The molecule has 0 bridgehead atoms. The number of hydrogen-bond donors (Lipinski definition) is 2. The summed E-state index contributed by atoms with van der Waals surface area (Å²) in [5.41, 5.74) is 5.50. The highest BCUT2D eigenvalue weighted by Crippen LogP contribution is 2.21. The van der Waals surface area contributed by atoms with Crippen LogP contribution in [-0.2, 0) is 0 Å². The highest BCUT2D eigenvalue weighted by molar-refractivity contribution is 6.04. The van der Waals surface area contributed by atoms with Crippen molar-refractivity contribution in [2.75, 3.05) is 0 Å². The summed E-state index contributed by atoms with van der Waals surface area (Å²) >= 11 is 0. The molecule has 1 heterocycles. The number of fused-ring (bicyclic) bond motifs is 1. The Morgan fingerprint density at radius 3 is 2.87 bits per heavy atom. The Balaban J connectivity index is 2.72. The number of rotatable bonds is 2. The molecular weight excluding hydrogens is 200 g/mol. The lowest BCUT2D eigenvalue weighted by Crippen LogP contribution is -2.11. The van der Waals surface area contributed by atoms with Crippen molar-refractivity contribution in [3.8, 4) is 0 Å². The molecule has 76 valence electrons. The number of nitro groups is 1. The molecule has 0 aliphatic carbocycles. The number of carbonyl (C=O) groups excluding carboxylic acids is 1. The fraction of sp³-hybridized carbons (Fsp3) is 0. The van der Waals surface area contributed by atoms with E-state index < -0.39 is 10.8 Å². The van der Waals surface area contributed by atoms with Crippen LogP contribution in [-0.4, -0.2) is 21.0 Å². The lowest BCUT2D eigenvalue weighted by atomic mass is 10.2. The minimum atomic E-state index is -0.721. The van der Waals surface area contributed by atoms with Crippen molar-refractivity contribution in [1.82, 2.24) is 10.2 Å². The van der Waals surface area contributed by atoms with Crippen molar-refractivity contribution in [1.29, 1.82) is 0 Å². The second-order valence-electron chi connectivity index (χ2n) is 2.92. The molecule has 1 amide bonds. The number of aromatic nitrogens is 2. The van der Waals surface area contributed by atoms with Gasteiger partial charge in [-0.25, -0.2) is 0 Å². The molecule has 1 aromatic heterocycles. The topological polar surface area (TPSA) is 115 Å². The number of nitrogens with one attached hydrogen (secondary N) is 1. The normalized spacial score (nSPS) is 10.4. The Morgan fingerprint density at radius 1 is 1.53 bits per heavy atom. The summed E-state index contributed by atoms with van der Waals surface area (Å²) in [6.07, 6.45) is 0. The molecule has 1 aromatic carbocycles. The molecule has 3 N–H and O–H groups in total. The van der Waals surface area contributed by atoms with Gasteiger partial charge in [-0.15, -0.1) is 0 Å². The first-order valence-electron chi connectivity index (χ1n) is 4.02. The molecule has 15 heavy (non-hydrogen) atoms. The largest absolute Gasteiger partial charge is 0.364 e. The van der Waals surface area contributed by atoms with Crippen LogP contribution in [0.1, 0.15) is 10.5 Å². The van der Waals surface area contributed by atoms with Crippen LogP contribution in [0.4, 0.5) is 5.69 Å². The average Bonchev–Trinajstić information content (AvgIpc) is 2.59. The van der Waals surface area contributed by atoms with E-state index >= 15 is 0 Å². The van der Waals surface area contributed by atoms with E-state index in [9.17, 15) is 14.9 Å². The van der Waals surface area contributed by atoms with E-state index in [1.54, 1.807) is 0 Å². The van der Waals surface area contributed by atoms with Gasteiger partial charge < -0.3 is 5.73 Å².